The quantitative estimate of drug-likeness (QED) is 0.653. The summed E-state index contributed by atoms with van der Waals surface area (Å²) in [6.07, 6.45) is -0.534. The van der Waals surface area contributed by atoms with Gasteiger partial charge in [0.05, 0.1) is 19.3 Å². The zero-order chi connectivity index (χ0) is 15.1. The van der Waals surface area contributed by atoms with E-state index in [1.165, 1.54) is 0 Å². The summed E-state index contributed by atoms with van der Waals surface area (Å²) < 4.78 is 10.9. The van der Waals surface area contributed by atoms with Crippen LogP contribution in [0.1, 0.15) is 13.8 Å². The van der Waals surface area contributed by atoms with Crippen molar-refractivity contribution in [1.82, 2.24) is 9.80 Å². The smallest absolute Gasteiger partial charge is 0.251 e. The Labute approximate surface area is 120 Å². The van der Waals surface area contributed by atoms with Gasteiger partial charge >= 0.3 is 0 Å². The van der Waals surface area contributed by atoms with Crippen LogP contribution < -0.4 is 5.73 Å². The topological polar surface area (TPSA) is 85.1 Å². The molecule has 2 atom stereocenters. The number of nitrogens with zero attached hydrogens (tertiary/aromatic N) is 2. The maximum Gasteiger partial charge on any atom is 0.251 e. The Kier molecular flexibility index (Phi) is 6.90. The van der Waals surface area contributed by atoms with Crippen LogP contribution in [0.2, 0.25) is 0 Å². The van der Waals surface area contributed by atoms with Gasteiger partial charge in [-0.25, -0.2) is 0 Å². The minimum absolute atomic E-state index is 0.0160. The summed E-state index contributed by atoms with van der Waals surface area (Å²) in [6.45, 7) is 6.48. The first kappa shape index (κ1) is 16.9. The molecule has 1 rings (SSSR count). The van der Waals surface area contributed by atoms with Gasteiger partial charge in [-0.1, -0.05) is 0 Å². The van der Waals surface area contributed by atoms with Crippen molar-refractivity contribution in [2.24, 2.45) is 5.73 Å². The standard InChI is InChI=1S/C13H25N3O4/c1-4-19-10(2)13(18)16-5-6-20-11(8-16)7-15(3)9-12(14)17/h10-11H,4-9H2,1-3H3,(H2,14,17)/t10-,11-/m0/s1. The molecule has 0 aromatic heterocycles. The van der Waals surface area contributed by atoms with Gasteiger partial charge in [-0.05, 0) is 20.9 Å². The zero-order valence-electron chi connectivity index (χ0n) is 12.5. The van der Waals surface area contributed by atoms with E-state index in [1.54, 1.807) is 23.8 Å². The summed E-state index contributed by atoms with van der Waals surface area (Å²) >= 11 is 0. The number of amides is 2. The number of carbonyl (C=O) groups excluding carboxylic acids is 2. The van der Waals surface area contributed by atoms with Gasteiger partial charge in [0.1, 0.15) is 6.10 Å². The van der Waals surface area contributed by atoms with E-state index in [0.29, 0.717) is 32.8 Å². The Morgan fingerprint density at radius 3 is 2.85 bits per heavy atom. The normalized spacial score (nSPS) is 21.0. The van der Waals surface area contributed by atoms with Gasteiger partial charge in [-0.15, -0.1) is 0 Å². The van der Waals surface area contributed by atoms with Gasteiger partial charge in [0.15, 0.2) is 0 Å². The van der Waals surface area contributed by atoms with Crippen LogP contribution in [0.4, 0.5) is 0 Å². The molecule has 0 aliphatic carbocycles. The van der Waals surface area contributed by atoms with E-state index in [4.69, 9.17) is 15.2 Å². The second-order valence-electron chi connectivity index (χ2n) is 5.04. The third-order valence-electron chi connectivity index (χ3n) is 3.16. The van der Waals surface area contributed by atoms with Crippen molar-refractivity contribution in [2.75, 3.05) is 46.4 Å². The first-order chi connectivity index (χ1) is 9.43. The molecule has 7 heteroatoms. The van der Waals surface area contributed by atoms with Crippen LogP contribution in [0.25, 0.3) is 0 Å². The summed E-state index contributed by atoms with van der Waals surface area (Å²) in [4.78, 5) is 26.6. The molecule has 0 spiro atoms. The van der Waals surface area contributed by atoms with Crippen molar-refractivity contribution < 1.29 is 19.1 Å². The molecule has 1 heterocycles. The van der Waals surface area contributed by atoms with Crippen LogP contribution in [0, 0.1) is 0 Å². The van der Waals surface area contributed by atoms with Crippen molar-refractivity contribution in [2.45, 2.75) is 26.1 Å². The monoisotopic (exact) mass is 287 g/mol. The van der Waals surface area contributed by atoms with E-state index in [-0.39, 0.29) is 24.5 Å². The van der Waals surface area contributed by atoms with Crippen LogP contribution in [-0.2, 0) is 19.1 Å². The Balaban J connectivity index is 2.45. The highest BCUT2D eigenvalue weighted by Gasteiger charge is 2.28. The van der Waals surface area contributed by atoms with Gasteiger partial charge in [0.25, 0.3) is 5.91 Å². The molecule has 2 amide bonds. The van der Waals surface area contributed by atoms with Crippen molar-refractivity contribution in [1.29, 1.82) is 0 Å². The van der Waals surface area contributed by atoms with Crippen molar-refractivity contribution >= 4 is 11.8 Å². The van der Waals surface area contributed by atoms with E-state index in [0.717, 1.165) is 0 Å². The third-order valence-corrected chi connectivity index (χ3v) is 3.16. The van der Waals surface area contributed by atoms with E-state index < -0.39 is 6.10 Å². The molecular formula is C13H25N3O4. The summed E-state index contributed by atoms with van der Waals surface area (Å²) in [5.41, 5.74) is 5.14. The highest BCUT2D eigenvalue weighted by molar-refractivity contribution is 5.80. The largest absolute Gasteiger partial charge is 0.373 e. The zero-order valence-corrected chi connectivity index (χ0v) is 12.5. The number of primary amides is 1. The number of ether oxygens (including phenoxy) is 2. The predicted octanol–water partition coefficient (Wildman–Crippen LogP) is -0.944. The van der Waals surface area contributed by atoms with E-state index in [2.05, 4.69) is 0 Å². The fourth-order valence-electron chi connectivity index (χ4n) is 2.29. The Hall–Kier alpha value is -1.18. The first-order valence-corrected chi connectivity index (χ1v) is 6.92. The van der Waals surface area contributed by atoms with Crippen LogP contribution in [0.5, 0.6) is 0 Å². The minimum Gasteiger partial charge on any atom is -0.373 e. The van der Waals surface area contributed by atoms with E-state index >= 15 is 0 Å². The molecule has 20 heavy (non-hydrogen) atoms. The lowest BCUT2D eigenvalue weighted by molar-refractivity contribution is -0.150. The van der Waals surface area contributed by atoms with Crippen LogP contribution in [0.3, 0.4) is 0 Å². The molecule has 0 radical (unpaired) electrons. The molecule has 1 saturated heterocycles. The molecule has 0 bridgehead atoms. The summed E-state index contributed by atoms with van der Waals surface area (Å²) in [5, 5.41) is 0. The average molecular weight is 287 g/mol. The molecule has 0 aromatic rings. The number of carbonyl (C=O) groups is 2. The third kappa shape index (κ3) is 5.44. The fraction of sp³-hybridized carbons (Fsp3) is 0.846. The molecule has 0 saturated carbocycles. The minimum atomic E-state index is -0.429. The van der Waals surface area contributed by atoms with Gasteiger partial charge in [0, 0.05) is 26.2 Å². The maximum absolute atomic E-state index is 12.2. The molecule has 1 aliphatic rings. The van der Waals surface area contributed by atoms with Crippen LogP contribution in [0.15, 0.2) is 0 Å². The number of hydrogen-bond donors (Lipinski definition) is 1. The Bertz CT molecular complexity index is 338. The molecule has 2 N–H and O–H groups in total. The van der Waals surface area contributed by atoms with Crippen LogP contribution in [-0.4, -0.2) is 80.3 Å². The summed E-state index contributed by atoms with van der Waals surface area (Å²) in [7, 11) is 1.80. The first-order valence-electron chi connectivity index (χ1n) is 6.92. The second kappa shape index (κ2) is 8.18. The molecule has 7 nitrogen and oxygen atoms in total. The maximum atomic E-state index is 12.2. The number of likely N-dealkylation sites (N-methyl/N-ethyl adjacent to an activating group) is 1. The highest BCUT2D eigenvalue weighted by Crippen LogP contribution is 2.09. The predicted molar refractivity (Wildman–Crippen MR) is 74.1 cm³/mol. The summed E-state index contributed by atoms with van der Waals surface area (Å²) in [5.74, 6) is -0.390. The van der Waals surface area contributed by atoms with Gasteiger partial charge in [-0.2, -0.15) is 0 Å². The van der Waals surface area contributed by atoms with Crippen molar-refractivity contribution in [3.05, 3.63) is 0 Å². The lowest BCUT2D eigenvalue weighted by Gasteiger charge is -2.35. The average Bonchev–Trinajstić information content (AvgIpc) is 2.37. The lowest BCUT2D eigenvalue weighted by Crippen LogP contribution is -2.52. The molecule has 1 fully saturated rings. The number of nitrogens with two attached hydrogens (primary N) is 1. The number of rotatable bonds is 7. The van der Waals surface area contributed by atoms with Crippen molar-refractivity contribution in [3.8, 4) is 0 Å². The SMILES string of the molecule is CCO[C@@H](C)C(=O)N1CCO[C@@H](CN(C)CC(N)=O)C1. The molecule has 116 valence electrons. The van der Waals surface area contributed by atoms with Gasteiger partial charge in [0.2, 0.25) is 5.91 Å². The Morgan fingerprint density at radius 1 is 1.55 bits per heavy atom. The lowest BCUT2D eigenvalue weighted by atomic mass is 10.2. The second-order valence-corrected chi connectivity index (χ2v) is 5.04. The van der Waals surface area contributed by atoms with Gasteiger partial charge in [-0.3, -0.25) is 14.5 Å². The van der Waals surface area contributed by atoms with Crippen molar-refractivity contribution in [3.63, 3.8) is 0 Å². The Morgan fingerprint density at radius 2 is 2.25 bits per heavy atom. The summed E-state index contributed by atoms with van der Waals surface area (Å²) in [6, 6.07) is 0. The number of morpholine rings is 1. The molecule has 1 aliphatic heterocycles. The van der Waals surface area contributed by atoms with Gasteiger partial charge < -0.3 is 20.1 Å². The molecule has 0 unspecified atom stereocenters. The number of hydrogen-bond acceptors (Lipinski definition) is 5. The van der Waals surface area contributed by atoms with E-state index in [1.807, 2.05) is 6.92 Å². The van der Waals surface area contributed by atoms with Crippen LogP contribution >= 0.6 is 0 Å². The molecular weight excluding hydrogens is 262 g/mol. The van der Waals surface area contributed by atoms with E-state index in [9.17, 15) is 9.59 Å². The fourth-order valence-corrected chi connectivity index (χ4v) is 2.29. The highest BCUT2D eigenvalue weighted by atomic mass is 16.5. The molecule has 0 aromatic carbocycles.